The number of carbonyl (C=O) groups excluding carboxylic acids is 2. The van der Waals surface area contributed by atoms with E-state index in [0.717, 1.165) is 10.7 Å². The number of ketones is 1. The molecular formula is C15H18N2O2S. The number of nitrogens with zero attached hydrogens (tertiary/aromatic N) is 1. The van der Waals surface area contributed by atoms with Crippen molar-refractivity contribution in [2.45, 2.75) is 13.3 Å². The molecule has 0 aromatic heterocycles. The fourth-order valence-electron chi connectivity index (χ4n) is 2.11. The quantitative estimate of drug-likeness (QED) is 0.869. The van der Waals surface area contributed by atoms with Gasteiger partial charge in [-0.25, -0.2) is 0 Å². The summed E-state index contributed by atoms with van der Waals surface area (Å²) in [6.07, 6.45) is 2.33. The lowest BCUT2D eigenvalue weighted by molar-refractivity contribution is -0.130. The van der Waals surface area contributed by atoms with Crippen molar-refractivity contribution < 1.29 is 9.59 Å². The number of carbonyl (C=O) groups is 2. The van der Waals surface area contributed by atoms with Gasteiger partial charge in [0.25, 0.3) is 0 Å². The fraction of sp³-hybridized carbons (Fsp3) is 0.333. The van der Waals surface area contributed by atoms with Crippen LogP contribution in [0.25, 0.3) is 0 Å². The van der Waals surface area contributed by atoms with Gasteiger partial charge in [-0.15, -0.1) is 11.8 Å². The van der Waals surface area contributed by atoms with Crippen LogP contribution in [-0.4, -0.2) is 35.9 Å². The maximum absolute atomic E-state index is 12.1. The SMILES string of the molecule is CS/C(Nc1ccccc1)=C1/CN(C(C)=O)CCC1=O. The second-order valence-corrected chi connectivity index (χ2v) is 5.43. The Hall–Kier alpha value is -1.75. The molecule has 5 heteroatoms. The van der Waals surface area contributed by atoms with Crippen molar-refractivity contribution in [1.82, 2.24) is 4.90 Å². The molecule has 0 atom stereocenters. The summed E-state index contributed by atoms with van der Waals surface area (Å²) >= 11 is 1.50. The molecule has 1 aromatic carbocycles. The normalized spacial score (nSPS) is 17.9. The topological polar surface area (TPSA) is 49.4 Å². The predicted molar refractivity (Wildman–Crippen MR) is 82.5 cm³/mol. The van der Waals surface area contributed by atoms with Gasteiger partial charge in [-0.3, -0.25) is 9.59 Å². The molecule has 0 bridgehead atoms. The van der Waals surface area contributed by atoms with Gasteiger partial charge in [-0.2, -0.15) is 0 Å². The van der Waals surface area contributed by atoms with E-state index in [1.165, 1.54) is 18.7 Å². The average molecular weight is 290 g/mol. The zero-order valence-electron chi connectivity index (χ0n) is 11.7. The third kappa shape index (κ3) is 3.42. The predicted octanol–water partition coefficient (Wildman–Crippen LogP) is 2.49. The van der Waals surface area contributed by atoms with Gasteiger partial charge in [0.05, 0.1) is 11.6 Å². The van der Waals surface area contributed by atoms with Crippen LogP contribution in [0.4, 0.5) is 5.69 Å². The Balaban J connectivity index is 2.25. The fourth-order valence-corrected chi connectivity index (χ4v) is 2.76. The molecule has 20 heavy (non-hydrogen) atoms. The van der Waals surface area contributed by atoms with Crippen LogP contribution in [0.1, 0.15) is 13.3 Å². The number of amides is 1. The van der Waals surface area contributed by atoms with Gasteiger partial charge in [-0.1, -0.05) is 18.2 Å². The number of thioether (sulfide) groups is 1. The van der Waals surface area contributed by atoms with E-state index >= 15 is 0 Å². The van der Waals surface area contributed by atoms with E-state index in [1.807, 2.05) is 36.6 Å². The second-order valence-electron chi connectivity index (χ2n) is 4.62. The van der Waals surface area contributed by atoms with Gasteiger partial charge in [0.15, 0.2) is 5.78 Å². The molecule has 1 amide bonds. The van der Waals surface area contributed by atoms with Gasteiger partial charge < -0.3 is 10.2 Å². The molecule has 0 radical (unpaired) electrons. The Bertz CT molecular complexity index is 540. The molecule has 0 aliphatic carbocycles. The highest BCUT2D eigenvalue weighted by Crippen LogP contribution is 2.24. The van der Waals surface area contributed by atoms with E-state index in [0.29, 0.717) is 25.1 Å². The van der Waals surface area contributed by atoms with Gasteiger partial charge in [-0.05, 0) is 18.4 Å². The number of benzene rings is 1. The van der Waals surface area contributed by atoms with Crippen molar-refractivity contribution in [2.75, 3.05) is 24.7 Å². The Morgan fingerprint density at radius 3 is 2.60 bits per heavy atom. The standard InChI is InChI=1S/C15H18N2O2S/c1-11(18)17-9-8-14(19)13(10-17)15(20-2)16-12-6-4-3-5-7-12/h3-7,16H,8-10H2,1-2H3/b15-13-. The molecule has 2 rings (SSSR count). The Kier molecular flexibility index (Phi) is 4.84. The largest absolute Gasteiger partial charge is 0.350 e. The zero-order chi connectivity index (χ0) is 14.5. The first kappa shape index (κ1) is 14.7. The van der Waals surface area contributed by atoms with Crippen molar-refractivity contribution in [2.24, 2.45) is 0 Å². The lowest BCUT2D eigenvalue weighted by atomic mass is 10.0. The highest BCUT2D eigenvalue weighted by Gasteiger charge is 2.25. The van der Waals surface area contributed by atoms with Crippen molar-refractivity contribution in [3.8, 4) is 0 Å². The highest BCUT2D eigenvalue weighted by molar-refractivity contribution is 8.02. The first-order valence-corrected chi connectivity index (χ1v) is 7.72. The van der Waals surface area contributed by atoms with Crippen molar-refractivity contribution in [3.05, 3.63) is 40.9 Å². The first-order chi connectivity index (χ1) is 9.61. The van der Waals surface area contributed by atoms with Crippen LogP contribution in [0.2, 0.25) is 0 Å². The minimum absolute atomic E-state index is 0.00941. The molecule has 1 saturated heterocycles. The van der Waals surface area contributed by atoms with E-state index in [2.05, 4.69) is 5.32 Å². The average Bonchev–Trinajstić information content (AvgIpc) is 2.46. The molecule has 1 heterocycles. The molecule has 4 nitrogen and oxygen atoms in total. The molecule has 1 aliphatic rings. The summed E-state index contributed by atoms with van der Waals surface area (Å²) in [5.74, 6) is 0.130. The first-order valence-electron chi connectivity index (χ1n) is 6.49. The summed E-state index contributed by atoms with van der Waals surface area (Å²) < 4.78 is 0. The van der Waals surface area contributed by atoms with E-state index < -0.39 is 0 Å². The minimum atomic E-state index is 0.00941. The van der Waals surface area contributed by atoms with Gasteiger partial charge in [0.1, 0.15) is 0 Å². The number of rotatable bonds is 3. The molecule has 0 saturated carbocycles. The smallest absolute Gasteiger partial charge is 0.219 e. The van der Waals surface area contributed by atoms with Crippen LogP contribution < -0.4 is 5.32 Å². The number of para-hydroxylation sites is 1. The van der Waals surface area contributed by atoms with E-state index in [4.69, 9.17) is 0 Å². The number of hydrogen-bond donors (Lipinski definition) is 1. The van der Waals surface area contributed by atoms with Gasteiger partial charge in [0.2, 0.25) is 5.91 Å². The number of piperidine rings is 1. The summed E-state index contributed by atoms with van der Waals surface area (Å²) in [5, 5.41) is 4.10. The molecule has 1 aromatic rings. The van der Waals surface area contributed by atoms with E-state index in [1.54, 1.807) is 4.90 Å². The molecule has 0 unspecified atom stereocenters. The van der Waals surface area contributed by atoms with E-state index in [-0.39, 0.29) is 11.7 Å². The molecule has 1 N–H and O–H groups in total. The van der Waals surface area contributed by atoms with Crippen LogP contribution in [-0.2, 0) is 9.59 Å². The third-order valence-electron chi connectivity index (χ3n) is 3.25. The van der Waals surface area contributed by atoms with Gasteiger partial charge in [0, 0.05) is 31.1 Å². The third-order valence-corrected chi connectivity index (χ3v) is 4.01. The Morgan fingerprint density at radius 2 is 2.00 bits per heavy atom. The highest BCUT2D eigenvalue weighted by atomic mass is 32.2. The van der Waals surface area contributed by atoms with Crippen LogP contribution >= 0.6 is 11.8 Å². The molecule has 106 valence electrons. The maximum atomic E-state index is 12.1. The van der Waals surface area contributed by atoms with Crippen LogP contribution in [0.5, 0.6) is 0 Å². The number of likely N-dealkylation sites (tertiary alicyclic amines) is 1. The second kappa shape index (κ2) is 6.61. The van der Waals surface area contributed by atoms with Crippen molar-refractivity contribution in [1.29, 1.82) is 0 Å². The van der Waals surface area contributed by atoms with Crippen molar-refractivity contribution >= 4 is 29.1 Å². The molecule has 1 fully saturated rings. The summed E-state index contributed by atoms with van der Waals surface area (Å²) in [6, 6.07) is 9.73. The Morgan fingerprint density at radius 1 is 1.30 bits per heavy atom. The minimum Gasteiger partial charge on any atom is -0.350 e. The van der Waals surface area contributed by atoms with Crippen LogP contribution in [0.15, 0.2) is 40.9 Å². The molecule has 0 spiro atoms. The summed E-state index contributed by atoms with van der Waals surface area (Å²) in [7, 11) is 0. The summed E-state index contributed by atoms with van der Waals surface area (Å²) in [4.78, 5) is 25.3. The Labute approximate surface area is 123 Å². The molecular weight excluding hydrogens is 272 g/mol. The zero-order valence-corrected chi connectivity index (χ0v) is 12.5. The maximum Gasteiger partial charge on any atom is 0.219 e. The lowest BCUT2D eigenvalue weighted by Crippen LogP contribution is -2.39. The summed E-state index contributed by atoms with van der Waals surface area (Å²) in [6.45, 7) is 2.45. The summed E-state index contributed by atoms with van der Waals surface area (Å²) in [5.41, 5.74) is 1.64. The van der Waals surface area contributed by atoms with Crippen molar-refractivity contribution in [3.63, 3.8) is 0 Å². The van der Waals surface area contributed by atoms with Crippen LogP contribution in [0.3, 0.4) is 0 Å². The lowest BCUT2D eigenvalue weighted by Gasteiger charge is -2.28. The number of Topliss-reactive ketones (excluding diaryl/α,β-unsaturated/α-hetero) is 1. The number of anilines is 1. The number of nitrogens with one attached hydrogen (secondary N) is 1. The molecule has 1 aliphatic heterocycles. The van der Waals surface area contributed by atoms with E-state index in [9.17, 15) is 9.59 Å². The van der Waals surface area contributed by atoms with Gasteiger partial charge >= 0.3 is 0 Å². The number of hydrogen-bond acceptors (Lipinski definition) is 4. The monoisotopic (exact) mass is 290 g/mol. The van der Waals surface area contributed by atoms with Crippen LogP contribution in [0, 0.1) is 0 Å².